The van der Waals surface area contributed by atoms with Gasteiger partial charge in [0.15, 0.2) is 11.5 Å². The number of rotatable bonds is 4. The normalized spacial score (nSPS) is 21.0. The Balaban J connectivity index is 2.14. The molecule has 8 heteroatoms. The van der Waals surface area contributed by atoms with Crippen LogP contribution in [0.2, 0.25) is 0 Å². The summed E-state index contributed by atoms with van der Waals surface area (Å²) in [6.07, 6.45) is -0.418. The molecule has 1 aromatic rings. The summed E-state index contributed by atoms with van der Waals surface area (Å²) in [5.41, 5.74) is 8.89. The number of carbonyl (C=O) groups excluding carboxylic acids is 1. The SMILES string of the molecule is COc1ccc(C(=O)N2CC[C@@H](N=[N+]=[N-])[C@@H](O)C2)cc1OC. The fraction of sp³-hybridized carbons (Fsp3) is 0.500. The van der Waals surface area contributed by atoms with Gasteiger partial charge in [-0.2, -0.15) is 0 Å². The third kappa shape index (κ3) is 3.24. The second-order valence-electron chi connectivity index (χ2n) is 4.95. The van der Waals surface area contributed by atoms with Crippen molar-refractivity contribution in [2.24, 2.45) is 5.11 Å². The van der Waals surface area contributed by atoms with Crippen LogP contribution in [0, 0.1) is 0 Å². The van der Waals surface area contributed by atoms with Gasteiger partial charge in [0.05, 0.1) is 26.4 Å². The lowest BCUT2D eigenvalue weighted by Crippen LogP contribution is -2.48. The average Bonchev–Trinajstić information content (AvgIpc) is 2.55. The van der Waals surface area contributed by atoms with Crippen LogP contribution in [-0.4, -0.2) is 55.4 Å². The summed E-state index contributed by atoms with van der Waals surface area (Å²) in [5.74, 6) is 0.804. The van der Waals surface area contributed by atoms with Crippen LogP contribution >= 0.6 is 0 Å². The van der Waals surface area contributed by atoms with E-state index in [2.05, 4.69) is 10.0 Å². The van der Waals surface area contributed by atoms with Gasteiger partial charge < -0.3 is 19.5 Å². The lowest BCUT2D eigenvalue weighted by molar-refractivity contribution is 0.0395. The van der Waals surface area contributed by atoms with Gasteiger partial charge in [-0.05, 0) is 30.2 Å². The molecule has 1 aliphatic heterocycles. The predicted molar refractivity (Wildman–Crippen MR) is 79.0 cm³/mol. The van der Waals surface area contributed by atoms with Crippen LogP contribution in [0.3, 0.4) is 0 Å². The molecule has 22 heavy (non-hydrogen) atoms. The van der Waals surface area contributed by atoms with Crippen molar-refractivity contribution in [2.45, 2.75) is 18.6 Å². The van der Waals surface area contributed by atoms with Gasteiger partial charge in [-0.15, -0.1) is 0 Å². The van der Waals surface area contributed by atoms with Gasteiger partial charge in [-0.3, -0.25) is 4.79 Å². The predicted octanol–water partition coefficient (Wildman–Crippen LogP) is 1.59. The third-order valence-electron chi connectivity index (χ3n) is 3.66. The van der Waals surface area contributed by atoms with E-state index in [1.165, 1.54) is 19.1 Å². The topological polar surface area (TPSA) is 108 Å². The Bertz CT molecular complexity index is 601. The lowest BCUT2D eigenvalue weighted by atomic mass is 10.0. The molecule has 0 bridgehead atoms. The van der Waals surface area contributed by atoms with E-state index in [0.29, 0.717) is 30.0 Å². The van der Waals surface area contributed by atoms with E-state index < -0.39 is 12.1 Å². The quantitative estimate of drug-likeness (QED) is 0.517. The maximum atomic E-state index is 12.5. The second-order valence-corrected chi connectivity index (χ2v) is 4.95. The molecule has 1 fully saturated rings. The number of azide groups is 1. The maximum Gasteiger partial charge on any atom is 0.254 e. The van der Waals surface area contributed by atoms with E-state index in [-0.39, 0.29) is 12.5 Å². The van der Waals surface area contributed by atoms with Gasteiger partial charge >= 0.3 is 0 Å². The number of aliphatic hydroxyl groups is 1. The van der Waals surface area contributed by atoms with E-state index in [0.717, 1.165) is 0 Å². The number of β-amino-alcohol motifs (C(OH)–C–C–N with tert-alkyl or cyclic N) is 1. The number of nitrogens with zero attached hydrogens (tertiary/aromatic N) is 4. The van der Waals surface area contributed by atoms with Gasteiger partial charge in [0, 0.05) is 23.6 Å². The molecule has 1 amide bonds. The fourth-order valence-electron chi connectivity index (χ4n) is 2.46. The van der Waals surface area contributed by atoms with Crippen LogP contribution in [0.4, 0.5) is 0 Å². The number of piperidine rings is 1. The number of hydrogen-bond acceptors (Lipinski definition) is 5. The van der Waals surface area contributed by atoms with E-state index in [9.17, 15) is 9.90 Å². The minimum Gasteiger partial charge on any atom is -0.493 e. The van der Waals surface area contributed by atoms with Crippen LogP contribution in [-0.2, 0) is 0 Å². The molecule has 1 saturated heterocycles. The van der Waals surface area contributed by atoms with Gasteiger partial charge in [-0.25, -0.2) is 0 Å². The molecule has 8 nitrogen and oxygen atoms in total. The van der Waals surface area contributed by atoms with Gasteiger partial charge in [-0.1, -0.05) is 5.11 Å². The number of ether oxygens (including phenoxy) is 2. The Morgan fingerprint density at radius 3 is 2.73 bits per heavy atom. The third-order valence-corrected chi connectivity index (χ3v) is 3.66. The first-order chi connectivity index (χ1) is 10.6. The van der Waals surface area contributed by atoms with Crippen molar-refractivity contribution in [3.8, 4) is 11.5 Å². The Kier molecular flexibility index (Phi) is 5.08. The van der Waals surface area contributed by atoms with Gasteiger partial charge in [0.25, 0.3) is 5.91 Å². The minimum absolute atomic E-state index is 0.136. The number of carbonyl (C=O) groups is 1. The Morgan fingerprint density at radius 2 is 2.14 bits per heavy atom. The van der Waals surface area contributed by atoms with Crippen molar-refractivity contribution in [3.05, 3.63) is 34.2 Å². The highest BCUT2D eigenvalue weighted by Gasteiger charge is 2.30. The number of benzene rings is 1. The highest BCUT2D eigenvalue weighted by molar-refractivity contribution is 5.95. The highest BCUT2D eigenvalue weighted by atomic mass is 16.5. The molecular formula is C14H18N4O4. The molecule has 1 aliphatic rings. The molecule has 1 heterocycles. The first-order valence-corrected chi connectivity index (χ1v) is 6.84. The number of likely N-dealkylation sites (tertiary alicyclic amines) is 1. The summed E-state index contributed by atoms with van der Waals surface area (Å²) < 4.78 is 10.3. The molecule has 0 spiro atoms. The van der Waals surface area contributed by atoms with Gasteiger partial charge in [0.2, 0.25) is 0 Å². The summed E-state index contributed by atoms with van der Waals surface area (Å²) in [6.45, 7) is 0.560. The van der Waals surface area contributed by atoms with E-state index in [1.807, 2.05) is 0 Å². The summed E-state index contributed by atoms with van der Waals surface area (Å²) >= 11 is 0. The lowest BCUT2D eigenvalue weighted by Gasteiger charge is -2.34. The van der Waals surface area contributed by atoms with Crippen molar-refractivity contribution in [3.63, 3.8) is 0 Å². The zero-order chi connectivity index (χ0) is 16.1. The average molecular weight is 306 g/mol. The second kappa shape index (κ2) is 7.02. The zero-order valence-corrected chi connectivity index (χ0v) is 12.5. The first kappa shape index (κ1) is 15.9. The molecule has 0 radical (unpaired) electrons. The van der Waals surface area contributed by atoms with Crippen LogP contribution in [0.1, 0.15) is 16.8 Å². The first-order valence-electron chi connectivity index (χ1n) is 6.84. The van der Waals surface area contributed by atoms with Gasteiger partial charge in [0.1, 0.15) is 0 Å². The minimum atomic E-state index is -0.853. The standard InChI is InChI=1S/C14H18N4O4/c1-21-12-4-3-9(7-13(12)22-2)14(20)18-6-5-10(16-17-15)11(19)8-18/h3-4,7,10-11,19H,5-6,8H2,1-2H3/t10-,11+/m1/s1. The van der Waals surface area contributed by atoms with Crippen LogP contribution in [0.15, 0.2) is 23.3 Å². The summed E-state index contributed by atoms with van der Waals surface area (Å²) in [4.78, 5) is 16.7. The Morgan fingerprint density at radius 1 is 1.41 bits per heavy atom. The van der Waals surface area contributed by atoms with Crippen molar-refractivity contribution in [2.75, 3.05) is 27.3 Å². The van der Waals surface area contributed by atoms with Crippen LogP contribution in [0.25, 0.3) is 10.4 Å². The van der Waals surface area contributed by atoms with E-state index in [4.69, 9.17) is 15.0 Å². The molecule has 0 unspecified atom stereocenters. The molecule has 118 valence electrons. The van der Waals surface area contributed by atoms with Crippen LogP contribution in [0.5, 0.6) is 11.5 Å². The largest absolute Gasteiger partial charge is 0.493 e. The van der Waals surface area contributed by atoms with E-state index in [1.54, 1.807) is 18.2 Å². The summed E-state index contributed by atoms with van der Waals surface area (Å²) in [6, 6.07) is 4.43. The zero-order valence-electron chi connectivity index (χ0n) is 12.5. The molecule has 1 aromatic carbocycles. The monoisotopic (exact) mass is 306 g/mol. The van der Waals surface area contributed by atoms with Crippen molar-refractivity contribution in [1.82, 2.24) is 4.90 Å². The van der Waals surface area contributed by atoms with Crippen LogP contribution < -0.4 is 9.47 Å². The molecule has 0 aromatic heterocycles. The molecule has 2 rings (SSSR count). The highest BCUT2D eigenvalue weighted by Crippen LogP contribution is 2.28. The number of aliphatic hydroxyl groups excluding tert-OH is 1. The molecule has 0 saturated carbocycles. The number of amides is 1. The van der Waals surface area contributed by atoms with Crippen molar-refractivity contribution in [1.29, 1.82) is 0 Å². The summed E-state index contributed by atoms with van der Waals surface area (Å²) in [5, 5.41) is 13.5. The molecule has 0 aliphatic carbocycles. The molecule has 2 atom stereocenters. The molecule has 1 N–H and O–H groups in total. The summed E-state index contributed by atoms with van der Waals surface area (Å²) in [7, 11) is 3.03. The number of hydrogen-bond donors (Lipinski definition) is 1. The van der Waals surface area contributed by atoms with Crippen molar-refractivity contribution < 1.29 is 19.4 Å². The number of methoxy groups -OCH3 is 2. The Hall–Kier alpha value is -2.44. The smallest absolute Gasteiger partial charge is 0.254 e. The van der Waals surface area contributed by atoms with E-state index >= 15 is 0 Å². The van der Waals surface area contributed by atoms with Crippen molar-refractivity contribution >= 4 is 5.91 Å². The molecular weight excluding hydrogens is 288 g/mol. The fourth-order valence-corrected chi connectivity index (χ4v) is 2.46. The maximum absolute atomic E-state index is 12.5. The Labute approximate surface area is 127 Å².